The van der Waals surface area contributed by atoms with Gasteiger partial charge in [0.15, 0.2) is 0 Å². The number of nitriles is 1. The number of benzene rings is 1. The van der Waals surface area contributed by atoms with Crippen LogP contribution in [0.1, 0.15) is 33.3 Å². The minimum atomic E-state index is -0.822. The van der Waals surface area contributed by atoms with Crippen LogP contribution in [-0.2, 0) is 4.79 Å². The molecule has 2 unspecified atom stereocenters. The summed E-state index contributed by atoms with van der Waals surface area (Å²) in [4.78, 5) is 13.4. The molecule has 108 valence electrons. The number of carbonyl (C=O) groups excluding carboxylic acids is 1. The Morgan fingerprint density at radius 2 is 1.95 bits per heavy atom. The van der Waals surface area contributed by atoms with Crippen LogP contribution in [0.3, 0.4) is 0 Å². The zero-order chi connectivity index (χ0) is 15.3. The number of hydrogen-bond donors (Lipinski definition) is 1. The van der Waals surface area contributed by atoms with E-state index in [9.17, 15) is 10.1 Å². The number of thioether (sulfide) groups is 1. The Balaban J connectivity index is 2.74. The van der Waals surface area contributed by atoms with E-state index in [2.05, 4.69) is 11.4 Å². The topological polar surface area (TPSA) is 52.9 Å². The Kier molecular flexibility index (Phi) is 5.64. The van der Waals surface area contributed by atoms with Crippen molar-refractivity contribution in [3.05, 3.63) is 29.8 Å². The van der Waals surface area contributed by atoms with Crippen LogP contribution in [0, 0.1) is 24.2 Å². The Hall–Kier alpha value is -1.47. The average Bonchev–Trinajstić information content (AvgIpc) is 2.40. The number of nitrogens with zero attached hydrogens (tertiary/aromatic N) is 1. The minimum absolute atomic E-state index is 0.0621. The zero-order valence-electron chi connectivity index (χ0n) is 12.7. The van der Waals surface area contributed by atoms with Gasteiger partial charge in [0.2, 0.25) is 5.91 Å². The normalized spacial score (nSPS) is 15.2. The third kappa shape index (κ3) is 4.01. The molecule has 1 amide bonds. The third-order valence-corrected chi connectivity index (χ3v) is 4.82. The van der Waals surface area contributed by atoms with Gasteiger partial charge in [-0.1, -0.05) is 32.0 Å². The molecule has 20 heavy (non-hydrogen) atoms. The van der Waals surface area contributed by atoms with Crippen LogP contribution in [0.25, 0.3) is 0 Å². The first-order valence-corrected chi connectivity index (χ1v) is 7.63. The van der Waals surface area contributed by atoms with Crippen LogP contribution in [0.5, 0.6) is 0 Å². The molecule has 1 aromatic rings. The Morgan fingerprint density at radius 1 is 1.35 bits per heavy atom. The quantitative estimate of drug-likeness (QED) is 0.844. The molecule has 4 heteroatoms. The fourth-order valence-electron chi connectivity index (χ4n) is 1.59. The summed E-state index contributed by atoms with van der Waals surface area (Å²) >= 11 is 1.52. The van der Waals surface area contributed by atoms with E-state index in [0.717, 1.165) is 10.5 Å². The van der Waals surface area contributed by atoms with E-state index in [1.165, 1.54) is 11.8 Å². The van der Waals surface area contributed by atoms with Crippen molar-refractivity contribution in [3.63, 3.8) is 0 Å². The van der Waals surface area contributed by atoms with Gasteiger partial charge in [0.1, 0.15) is 5.54 Å². The number of hydrogen-bond acceptors (Lipinski definition) is 3. The number of nitrogens with one attached hydrogen (secondary N) is 1. The van der Waals surface area contributed by atoms with Crippen molar-refractivity contribution in [3.8, 4) is 6.07 Å². The van der Waals surface area contributed by atoms with Crippen molar-refractivity contribution in [2.75, 3.05) is 0 Å². The molecule has 0 spiro atoms. The van der Waals surface area contributed by atoms with Crippen LogP contribution in [-0.4, -0.2) is 16.7 Å². The monoisotopic (exact) mass is 290 g/mol. The van der Waals surface area contributed by atoms with Gasteiger partial charge in [-0.25, -0.2) is 0 Å². The van der Waals surface area contributed by atoms with Gasteiger partial charge in [0.05, 0.1) is 11.3 Å². The van der Waals surface area contributed by atoms with E-state index in [1.54, 1.807) is 6.92 Å². The lowest BCUT2D eigenvalue weighted by Gasteiger charge is -2.28. The van der Waals surface area contributed by atoms with Gasteiger partial charge >= 0.3 is 0 Å². The van der Waals surface area contributed by atoms with Crippen molar-refractivity contribution in [2.24, 2.45) is 5.92 Å². The van der Waals surface area contributed by atoms with E-state index in [-0.39, 0.29) is 17.1 Å². The fraction of sp³-hybridized carbons (Fsp3) is 0.500. The predicted molar refractivity (Wildman–Crippen MR) is 83.5 cm³/mol. The van der Waals surface area contributed by atoms with Crippen molar-refractivity contribution in [2.45, 2.75) is 50.3 Å². The summed E-state index contributed by atoms with van der Waals surface area (Å²) in [6.07, 6.45) is 0. The van der Waals surface area contributed by atoms with Gasteiger partial charge in [-0.05, 0) is 38.3 Å². The summed E-state index contributed by atoms with van der Waals surface area (Å²) in [6.45, 7) is 9.52. The smallest absolute Gasteiger partial charge is 0.234 e. The zero-order valence-corrected chi connectivity index (χ0v) is 13.5. The van der Waals surface area contributed by atoms with Crippen molar-refractivity contribution < 1.29 is 4.79 Å². The van der Waals surface area contributed by atoms with Gasteiger partial charge in [0, 0.05) is 4.90 Å². The highest BCUT2D eigenvalue weighted by molar-refractivity contribution is 8.00. The molecule has 0 aliphatic rings. The van der Waals surface area contributed by atoms with Gasteiger partial charge in [-0.15, -0.1) is 11.8 Å². The Labute approximate surface area is 125 Å². The summed E-state index contributed by atoms with van der Waals surface area (Å²) in [6, 6.07) is 10.2. The summed E-state index contributed by atoms with van der Waals surface area (Å²) in [5, 5.41) is 11.9. The first kappa shape index (κ1) is 16.6. The summed E-state index contributed by atoms with van der Waals surface area (Å²) in [7, 11) is 0. The van der Waals surface area contributed by atoms with Crippen LogP contribution in [0.2, 0.25) is 0 Å². The molecule has 0 heterocycles. The molecule has 0 aliphatic heterocycles. The molecule has 3 nitrogen and oxygen atoms in total. The molecule has 0 aromatic heterocycles. The molecule has 1 aromatic carbocycles. The maximum absolute atomic E-state index is 12.3. The van der Waals surface area contributed by atoms with Gasteiger partial charge < -0.3 is 5.32 Å². The highest BCUT2D eigenvalue weighted by Gasteiger charge is 2.31. The first-order valence-electron chi connectivity index (χ1n) is 6.75. The van der Waals surface area contributed by atoms with Crippen LogP contribution in [0.4, 0.5) is 0 Å². The molecule has 0 saturated carbocycles. The highest BCUT2D eigenvalue weighted by atomic mass is 32.2. The van der Waals surface area contributed by atoms with Gasteiger partial charge in [-0.3, -0.25) is 4.79 Å². The lowest BCUT2D eigenvalue weighted by atomic mass is 9.90. The van der Waals surface area contributed by atoms with Crippen molar-refractivity contribution in [1.82, 2.24) is 5.32 Å². The van der Waals surface area contributed by atoms with Crippen LogP contribution >= 0.6 is 11.8 Å². The molecule has 1 N–H and O–H groups in total. The Morgan fingerprint density at radius 3 is 2.45 bits per heavy atom. The molecule has 0 aliphatic carbocycles. The van der Waals surface area contributed by atoms with Crippen molar-refractivity contribution in [1.29, 1.82) is 5.26 Å². The summed E-state index contributed by atoms with van der Waals surface area (Å²) in [5.74, 6) is -0.0388. The molecule has 1 rings (SSSR count). The molecule has 0 bridgehead atoms. The number of carbonyl (C=O) groups is 1. The maximum Gasteiger partial charge on any atom is 0.234 e. The summed E-state index contributed by atoms with van der Waals surface area (Å²) < 4.78 is 0. The summed E-state index contributed by atoms with van der Waals surface area (Å²) in [5.41, 5.74) is 0.335. The lowest BCUT2D eigenvalue weighted by Crippen LogP contribution is -2.51. The second kappa shape index (κ2) is 6.81. The molecule has 2 atom stereocenters. The van der Waals surface area contributed by atoms with Crippen molar-refractivity contribution >= 4 is 17.7 Å². The fourth-order valence-corrected chi connectivity index (χ4v) is 2.55. The Bertz CT molecular complexity index is 521. The largest absolute Gasteiger partial charge is 0.337 e. The SMILES string of the molecule is Cc1ccccc1SC(C)C(=O)NC(C)(C#N)C(C)C. The standard InChI is InChI=1S/C16H22N2OS/c1-11(2)16(5,10-17)18-15(19)13(4)20-14-9-7-6-8-12(14)3/h6-9,11,13H,1-5H3,(H,18,19). The van der Waals surface area contributed by atoms with E-state index in [4.69, 9.17) is 0 Å². The number of rotatable bonds is 5. The van der Waals surface area contributed by atoms with E-state index >= 15 is 0 Å². The minimum Gasteiger partial charge on any atom is -0.337 e. The average molecular weight is 290 g/mol. The highest BCUT2D eigenvalue weighted by Crippen LogP contribution is 2.27. The number of amides is 1. The van der Waals surface area contributed by atoms with E-state index < -0.39 is 5.54 Å². The van der Waals surface area contributed by atoms with Gasteiger partial charge in [0.25, 0.3) is 0 Å². The van der Waals surface area contributed by atoms with Crippen LogP contribution in [0.15, 0.2) is 29.2 Å². The lowest BCUT2D eigenvalue weighted by molar-refractivity contribution is -0.121. The maximum atomic E-state index is 12.3. The van der Waals surface area contributed by atoms with Crippen LogP contribution < -0.4 is 5.32 Å². The predicted octanol–water partition coefficient (Wildman–Crippen LogP) is 3.53. The first-order chi connectivity index (χ1) is 9.30. The molecule has 0 saturated heterocycles. The molecule has 0 radical (unpaired) electrons. The second-order valence-corrected chi connectivity index (χ2v) is 6.87. The van der Waals surface area contributed by atoms with Gasteiger partial charge in [-0.2, -0.15) is 5.26 Å². The second-order valence-electron chi connectivity index (χ2n) is 5.48. The van der Waals surface area contributed by atoms with E-state index in [1.807, 2.05) is 52.0 Å². The molecular formula is C16H22N2OS. The number of aryl methyl sites for hydroxylation is 1. The molecular weight excluding hydrogens is 268 g/mol. The van der Waals surface area contributed by atoms with E-state index in [0.29, 0.717) is 0 Å². The third-order valence-electron chi connectivity index (χ3n) is 3.54. The molecule has 0 fully saturated rings.